The lowest BCUT2D eigenvalue weighted by molar-refractivity contribution is 0.106. The van der Waals surface area contributed by atoms with Crippen molar-refractivity contribution in [1.29, 1.82) is 0 Å². The molecule has 17 heavy (non-hydrogen) atoms. The van der Waals surface area contributed by atoms with Crippen LogP contribution in [0.2, 0.25) is 0 Å². The van der Waals surface area contributed by atoms with E-state index in [9.17, 15) is 5.11 Å². The highest BCUT2D eigenvalue weighted by atomic mass is 16.5. The van der Waals surface area contributed by atoms with Gasteiger partial charge in [-0.1, -0.05) is 19.1 Å². The van der Waals surface area contributed by atoms with Gasteiger partial charge in [0.15, 0.2) is 11.5 Å². The third kappa shape index (κ3) is 2.90. The standard InChI is InChI=1S/C13H21NO3/c1-4-9(8-14)12(15)10-6-5-7-11(16-2)13(10)17-3/h5-7,9,12,15H,4,8,14H2,1-3H3. The van der Waals surface area contributed by atoms with Crippen molar-refractivity contribution < 1.29 is 14.6 Å². The van der Waals surface area contributed by atoms with Crippen molar-refractivity contribution in [2.75, 3.05) is 20.8 Å². The molecule has 4 heteroatoms. The van der Waals surface area contributed by atoms with E-state index in [1.807, 2.05) is 19.1 Å². The minimum Gasteiger partial charge on any atom is -0.493 e. The van der Waals surface area contributed by atoms with E-state index >= 15 is 0 Å². The SMILES string of the molecule is CCC(CN)C(O)c1cccc(OC)c1OC. The van der Waals surface area contributed by atoms with Crippen LogP contribution in [0.15, 0.2) is 18.2 Å². The molecule has 96 valence electrons. The summed E-state index contributed by atoms with van der Waals surface area (Å²) in [5.74, 6) is 1.22. The molecule has 2 unspecified atom stereocenters. The van der Waals surface area contributed by atoms with E-state index in [0.717, 1.165) is 12.0 Å². The Bertz CT molecular complexity index is 351. The highest BCUT2D eigenvalue weighted by Crippen LogP contribution is 2.37. The Kier molecular flexibility index (Phi) is 5.25. The molecule has 0 amide bonds. The van der Waals surface area contributed by atoms with Gasteiger partial charge in [-0.3, -0.25) is 0 Å². The molecule has 0 saturated carbocycles. The molecule has 0 radical (unpaired) electrons. The molecule has 0 aromatic heterocycles. The molecule has 3 N–H and O–H groups in total. The van der Waals surface area contributed by atoms with Gasteiger partial charge in [-0.2, -0.15) is 0 Å². The van der Waals surface area contributed by atoms with Crippen LogP contribution in [0.5, 0.6) is 11.5 Å². The first-order chi connectivity index (χ1) is 8.19. The molecular formula is C13H21NO3. The molecule has 0 aliphatic heterocycles. The summed E-state index contributed by atoms with van der Waals surface area (Å²) in [5.41, 5.74) is 6.38. The van der Waals surface area contributed by atoms with Crippen LogP contribution in [0.25, 0.3) is 0 Å². The maximum absolute atomic E-state index is 10.3. The summed E-state index contributed by atoms with van der Waals surface area (Å²) in [5, 5.41) is 10.3. The molecule has 0 aliphatic carbocycles. The van der Waals surface area contributed by atoms with Crippen molar-refractivity contribution in [3.8, 4) is 11.5 Å². The van der Waals surface area contributed by atoms with E-state index in [-0.39, 0.29) is 5.92 Å². The first-order valence-electron chi connectivity index (χ1n) is 5.78. The smallest absolute Gasteiger partial charge is 0.166 e. The largest absolute Gasteiger partial charge is 0.493 e. The van der Waals surface area contributed by atoms with Gasteiger partial charge in [0.05, 0.1) is 20.3 Å². The molecule has 1 rings (SSSR count). The third-order valence-corrected chi connectivity index (χ3v) is 3.03. The number of aliphatic hydroxyl groups is 1. The fraction of sp³-hybridized carbons (Fsp3) is 0.538. The molecule has 0 bridgehead atoms. The number of methoxy groups -OCH3 is 2. The van der Waals surface area contributed by atoms with Gasteiger partial charge in [0, 0.05) is 11.5 Å². The van der Waals surface area contributed by atoms with Gasteiger partial charge < -0.3 is 20.3 Å². The van der Waals surface area contributed by atoms with Crippen LogP contribution in [0.4, 0.5) is 0 Å². The lowest BCUT2D eigenvalue weighted by Gasteiger charge is -2.23. The van der Waals surface area contributed by atoms with Crippen LogP contribution in [0, 0.1) is 5.92 Å². The minimum atomic E-state index is -0.630. The highest BCUT2D eigenvalue weighted by Gasteiger charge is 2.23. The Morgan fingerprint density at radius 3 is 2.47 bits per heavy atom. The second-order valence-corrected chi connectivity index (χ2v) is 3.93. The number of rotatable bonds is 6. The first-order valence-corrected chi connectivity index (χ1v) is 5.78. The summed E-state index contributed by atoms with van der Waals surface area (Å²) >= 11 is 0. The van der Waals surface area contributed by atoms with Crippen LogP contribution >= 0.6 is 0 Å². The monoisotopic (exact) mass is 239 g/mol. The molecule has 1 aromatic rings. The van der Waals surface area contributed by atoms with Crippen LogP contribution in [0.1, 0.15) is 25.0 Å². The zero-order chi connectivity index (χ0) is 12.8. The molecule has 0 saturated heterocycles. The van der Waals surface area contributed by atoms with Gasteiger partial charge in [-0.25, -0.2) is 0 Å². The maximum Gasteiger partial charge on any atom is 0.166 e. The van der Waals surface area contributed by atoms with Crippen LogP contribution in [0.3, 0.4) is 0 Å². The van der Waals surface area contributed by atoms with E-state index in [2.05, 4.69) is 0 Å². The van der Waals surface area contributed by atoms with Crippen LogP contribution < -0.4 is 15.2 Å². The van der Waals surface area contributed by atoms with E-state index in [1.54, 1.807) is 20.3 Å². The first kappa shape index (κ1) is 13.8. The van der Waals surface area contributed by atoms with E-state index in [1.165, 1.54) is 0 Å². The number of para-hydroxylation sites is 1. The normalized spacial score (nSPS) is 14.2. The van der Waals surface area contributed by atoms with Crippen molar-refractivity contribution >= 4 is 0 Å². The summed E-state index contributed by atoms with van der Waals surface area (Å²) in [7, 11) is 3.14. The average molecular weight is 239 g/mol. The van der Waals surface area contributed by atoms with Crippen molar-refractivity contribution in [2.45, 2.75) is 19.4 Å². The van der Waals surface area contributed by atoms with Gasteiger partial charge in [-0.15, -0.1) is 0 Å². The fourth-order valence-corrected chi connectivity index (χ4v) is 1.92. The maximum atomic E-state index is 10.3. The van der Waals surface area contributed by atoms with Crippen molar-refractivity contribution in [3.05, 3.63) is 23.8 Å². The van der Waals surface area contributed by atoms with E-state index < -0.39 is 6.10 Å². The Labute approximate surface area is 102 Å². The van der Waals surface area contributed by atoms with Gasteiger partial charge in [0.1, 0.15) is 0 Å². The van der Waals surface area contributed by atoms with Crippen molar-refractivity contribution in [1.82, 2.24) is 0 Å². The van der Waals surface area contributed by atoms with Crippen molar-refractivity contribution in [2.24, 2.45) is 11.7 Å². The molecule has 0 spiro atoms. The molecular weight excluding hydrogens is 218 g/mol. The predicted molar refractivity (Wildman–Crippen MR) is 67.3 cm³/mol. The highest BCUT2D eigenvalue weighted by molar-refractivity contribution is 5.47. The molecule has 0 heterocycles. The fourth-order valence-electron chi connectivity index (χ4n) is 1.92. The Hall–Kier alpha value is -1.26. The van der Waals surface area contributed by atoms with Gasteiger partial charge >= 0.3 is 0 Å². The van der Waals surface area contributed by atoms with Gasteiger partial charge in [-0.05, 0) is 19.0 Å². The van der Waals surface area contributed by atoms with Gasteiger partial charge in [0.2, 0.25) is 0 Å². The summed E-state index contributed by atoms with van der Waals surface area (Å²) in [6.45, 7) is 2.45. The summed E-state index contributed by atoms with van der Waals surface area (Å²) < 4.78 is 10.5. The summed E-state index contributed by atoms with van der Waals surface area (Å²) in [4.78, 5) is 0. The quantitative estimate of drug-likeness (QED) is 0.793. The minimum absolute atomic E-state index is 0.0241. The Morgan fingerprint density at radius 1 is 1.29 bits per heavy atom. The van der Waals surface area contributed by atoms with E-state index in [4.69, 9.17) is 15.2 Å². The Balaban J connectivity index is 3.11. The number of benzene rings is 1. The zero-order valence-corrected chi connectivity index (χ0v) is 10.6. The summed E-state index contributed by atoms with van der Waals surface area (Å²) in [6, 6.07) is 5.48. The Morgan fingerprint density at radius 2 is 2.00 bits per heavy atom. The summed E-state index contributed by atoms with van der Waals surface area (Å²) in [6.07, 6.45) is 0.188. The predicted octanol–water partition coefficient (Wildman–Crippen LogP) is 1.72. The third-order valence-electron chi connectivity index (χ3n) is 3.03. The molecule has 2 atom stereocenters. The number of nitrogens with two attached hydrogens (primary N) is 1. The lowest BCUT2D eigenvalue weighted by Crippen LogP contribution is -2.21. The number of hydrogen-bond acceptors (Lipinski definition) is 4. The van der Waals surface area contributed by atoms with Gasteiger partial charge in [0.25, 0.3) is 0 Å². The zero-order valence-electron chi connectivity index (χ0n) is 10.6. The van der Waals surface area contributed by atoms with Crippen LogP contribution in [-0.2, 0) is 0 Å². The second kappa shape index (κ2) is 6.47. The van der Waals surface area contributed by atoms with E-state index in [0.29, 0.717) is 18.0 Å². The van der Waals surface area contributed by atoms with Crippen LogP contribution in [-0.4, -0.2) is 25.9 Å². The number of hydrogen-bond donors (Lipinski definition) is 2. The molecule has 0 aliphatic rings. The lowest BCUT2D eigenvalue weighted by atomic mass is 9.93. The molecule has 4 nitrogen and oxygen atoms in total. The molecule has 0 fully saturated rings. The number of ether oxygens (including phenoxy) is 2. The second-order valence-electron chi connectivity index (χ2n) is 3.93. The number of aliphatic hydroxyl groups excluding tert-OH is 1. The average Bonchev–Trinajstić information content (AvgIpc) is 2.38. The van der Waals surface area contributed by atoms with Crippen molar-refractivity contribution in [3.63, 3.8) is 0 Å². The molecule has 1 aromatic carbocycles. The topological polar surface area (TPSA) is 64.7 Å².